The van der Waals surface area contributed by atoms with Crippen LogP contribution in [-0.2, 0) is 6.18 Å². The molecule has 2 nitrogen and oxygen atoms in total. The summed E-state index contributed by atoms with van der Waals surface area (Å²) in [6.45, 7) is 7.22. The Morgan fingerprint density at radius 3 is 2.45 bits per heavy atom. The summed E-state index contributed by atoms with van der Waals surface area (Å²) in [7, 11) is 0. The summed E-state index contributed by atoms with van der Waals surface area (Å²) in [5, 5.41) is 3.02. The van der Waals surface area contributed by atoms with Gasteiger partial charge in [0.1, 0.15) is 0 Å². The van der Waals surface area contributed by atoms with E-state index < -0.39 is 11.7 Å². The van der Waals surface area contributed by atoms with Crippen LogP contribution in [0, 0.1) is 0 Å². The first kappa shape index (κ1) is 19.3. The molecule has 0 spiro atoms. The molecule has 1 fully saturated rings. The van der Waals surface area contributed by atoms with Crippen LogP contribution in [0.3, 0.4) is 0 Å². The summed E-state index contributed by atoms with van der Waals surface area (Å²) in [4.78, 5) is 2.25. The molecule has 2 rings (SSSR count). The molecule has 0 unspecified atom stereocenters. The molecular formula is C15H19Cl2F3N2. The second-order valence-corrected chi connectivity index (χ2v) is 5.47. The van der Waals surface area contributed by atoms with Crippen LogP contribution in [0.2, 0.25) is 5.02 Å². The number of alkyl halides is 3. The van der Waals surface area contributed by atoms with Crippen LogP contribution >= 0.6 is 24.0 Å². The number of piperazine rings is 1. The van der Waals surface area contributed by atoms with E-state index in [2.05, 4.69) is 16.8 Å². The average molecular weight is 355 g/mol. The third-order valence-electron chi connectivity index (χ3n) is 3.67. The molecule has 0 aliphatic carbocycles. The number of nitrogens with one attached hydrogen (secondary N) is 1. The van der Waals surface area contributed by atoms with Crippen LogP contribution < -0.4 is 5.32 Å². The quantitative estimate of drug-likeness (QED) is 0.810. The minimum atomic E-state index is -4.42. The minimum Gasteiger partial charge on any atom is -0.314 e. The molecule has 1 heterocycles. The van der Waals surface area contributed by atoms with Crippen LogP contribution in [0.4, 0.5) is 13.2 Å². The van der Waals surface area contributed by atoms with E-state index in [0.717, 1.165) is 37.8 Å². The molecular weight excluding hydrogens is 336 g/mol. The van der Waals surface area contributed by atoms with E-state index in [9.17, 15) is 13.2 Å². The van der Waals surface area contributed by atoms with Crippen molar-refractivity contribution in [3.05, 3.63) is 47.0 Å². The van der Waals surface area contributed by atoms with Crippen LogP contribution in [0.5, 0.6) is 0 Å². The zero-order chi connectivity index (χ0) is 15.5. The van der Waals surface area contributed by atoms with Gasteiger partial charge in [0, 0.05) is 32.2 Å². The van der Waals surface area contributed by atoms with E-state index in [1.54, 1.807) is 6.08 Å². The van der Waals surface area contributed by atoms with Crippen LogP contribution in [0.25, 0.3) is 0 Å². The van der Waals surface area contributed by atoms with Crippen molar-refractivity contribution in [3.8, 4) is 0 Å². The number of rotatable bonds is 4. The summed E-state index contributed by atoms with van der Waals surface area (Å²) in [5.74, 6) is 0. The fourth-order valence-corrected chi connectivity index (χ4v) is 2.91. The second-order valence-electron chi connectivity index (χ2n) is 5.06. The molecule has 0 bridgehead atoms. The van der Waals surface area contributed by atoms with Crippen molar-refractivity contribution in [2.45, 2.75) is 18.6 Å². The molecule has 1 aliphatic heterocycles. The van der Waals surface area contributed by atoms with Crippen molar-refractivity contribution in [1.29, 1.82) is 0 Å². The van der Waals surface area contributed by atoms with E-state index in [0.29, 0.717) is 6.42 Å². The first-order valence-corrected chi connectivity index (χ1v) is 7.23. The van der Waals surface area contributed by atoms with Gasteiger partial charge in [-0.25, -0.2) is 0 Å². The first-order chi connectivity index (χ1) is 9.93. The SMILES string of the molecule is C=CC[C@H](c1ccc(C(F)(F)F)c(Cl)c1)N1CCNCC1.Cl. The number of benzene rings is 1. The van der Waals surface area contributed by atoms with Gasteiger partial charge in [0.05, 0.1) is 10.6 Å². The van der Waals surface area contributed by atoms with Gasteiger partial charge in [0.2, 0.25) is 0 Å². The Bertz CT molecular complexity index is 500. The van der Waals surface area contributed by atoms with E-state index in [4.69, 9.17) is 11.6 Å². The van der Waals surface area contributed by atoms with Gasteiger partial charge < -0.3 is 5.32 Å². The topological polar surface area (TPSA) is 15.3 Å². The molecule has 1 aliphatic rings. The average Bonchev–Trinajstić information content (AvgIpc) is 2.44. The molecule has 1 atom stereocenters. The minimum absolute atomic E-state index is 0. The van der Waals surface area contributed by atoms with Crippen molar-refractivity contribution in [2.24, 2.45) is 0 Å². The molecule has 0 amide bonds. The van der Waals surface area contributed by atoms with Gasteiger partial charge in [-0.2, -0.15) is 13.2 Å². The maximum Gasteiger partial charge on any atom is 0.417 e. The summed E-state index contributed by atoms with van der Waals surface area (Å²) >= 11 is 5.82. The Hall–Kier alpha value is -0.750. The van der Waals surface area contributed by atoms with Crippen molar-refractivity contribution in [3.63, 3.8) is 0 Å². The molecule has 1 aromatic rings. The fraction of sp³-hybridized carbons (Fsp3) is 0.467. The number of hydrogen-bond donors (Lipinski definition) is 1. The third kappa shape index (κ3) is 4.62. The largest absolute Gasteiger partial charge is 0.417 e. The standard InChI is InChI=1S/C15H18ClF3N2.ClH/c1-2-3-14(21-8-6-20-7-9-21)11-4-5-12(13(16)10-11)15(17,18)19;/h2,4-5,10,14,20H,1,3,6-9H2;1H/t14-;/m1./s1. The van der Waals surface area contributed by atoms with Gasteiger partial charge in [-0.05, 0) is 24.1 Å². The highest BCUT2D eigenvalue weighted by molar-refractivity contribution is 6.31. The first-order valence-electron chi connectivity index (χ1n) is 6.86. The highest BCUT2D eigenvalue weighted by atomic mass is 35.5. The van der Waals surface area contributed by atoms with E-state index in [1.165, 1.54) is 12.1 Å². The van der Waals surface area contributed by atoms with Crippen LogP contribution in [-0.4, -0.2) is 31.1 Å². The maximum absolute atomic E-state index is 12.8. The molecule has 1 aromatic carbocycles. The lowest BCUT2D eigenvalue weighted by molar-refractivity contribution is -0.137. The van der Waals surface area contributed by atoms with Gasteiger partial charge in [-0.15, -0.1) is 19.0 Å². The van der Waals surface area contributed by atoms with Crippen molar-refractivity contribution in [1.82, 2.24) is 10.2 Å². The maximum atomic E-state index is 12.8. The molecule has 1 saturated heterocycles. The van der Waals surface area contributed by atoms with Crippen LogP contribution in [0.15, 0.2) is 30.9 Å². The number of nitrogens with zero attached hydrogens (tertiary/aromatic N) is 1. The molecule has 124 valence electrons. The lowest BCUT2D eigenvalue weighted by Gasteiger charge is -2.35. The molecule has 0 radical (unpaired) electrons. The lowest BCUT2D eigenvalue weighted by atomic mass is 9.99. The van der Waals surface area contributed by atoms with E-state index in [-0.39, 0.29) is 23.5 Å². The van der Waals surface area contributed by atoms with Crippen LogP contribution in [0.1, 0.15) is 23.6 Å². The van der Waals surface area contributed by atoms with Crippen molar-refractivity contribution >= 4 is 24.0 Å². The summed E-state index contributed by atoms with van der Waals surface area (Å²) in [6, 6.07) is 4.03. The van der Waals surface area contributed by atoms with E-state index >= 15 is 0 Å². The summed E-state index contributed by atoms with van der Waals surface area (Å²) < 4.78 is 38.3. The molecule has 0 aromatic heterocycles. The molecule has 7 heteroatoms. The zero-order valence-electron chi connectivity index (χ0n) is 12.0. The Labute approximate surface area is 139 Å². The number of halogens is 5. The predicted molar refractivity (Wildman–Crippen MR) is 85.7 cm³/mol. The van der Waals surface area contributed by atoms with Crippen molar-refractivity contribution < 1.29 is 13.2 Å². The Kier molecular flexibility index (Phi) is 7.19. The van der Waals surface area contributed by atoms with Gasteiger partial charge in [0.15, 0.2) is 0 Å². The van der Waals surface area contributed by atoms with Gasteiger partial charge in [-0.3, -0.25) is 4.90 Å². The molecule has 1 N–H and O–H groups in total. The lowest BCUT2D eigenvalue weighted by Crippen LogP contribution is -2.45. The second kappa shape index (κ2) is 8.20. The Balaban J connectivity index is 0.00000242. The highest BCUT2D eigenvalue weighted by Gasteiger charge is 2.33. The predicted octanol–water partition coefficient (Wildman–Crippen LogP) is 4.30. The summed E-state index contributed by atoms with van der Waals surface area (Å²) in [5.41, 5.74) is 0.0142. The highest BCUT2D eigenvalue weighted by Crippen LogP contribution is 2.37. The van der Waals surface area contributed by atoms with Gasteiger partial charge >= 0.3 is 6.18 Å². The number of hydrogen-bond acceptors (Lipinski definition) is 2. The monoisotopic (exact) mass is 354 g/mol. The normalized spacial score (nSPS) is 17.6. The zero-order valence-corrected chi connectivity index (χ0v) is 13.6. The van der Waals surface area contributed by atoms with Crippen molar-refractivity contribution in [2.75, 3.05) is 26.2 Å². The molecule has 0 saturated carbocycles. The van der Waals surface area contributed by atoms with E-state index in [1.807, 2.05) is 0 Å². The Morgan fingerprint density at radius 1 is 1.32 bits per heavy atom. The van der Waals surface area contributed by atoms with Gasteiger partial charge in [-0.1, -0.05) is 23.7 Å². The fourth-order valence-electron chi connectivity index (χ4n) is 2.62. The summed E-state index contributed by atoms with van der Waals surface area (Å²) in [6.07, 6.45) is -1.95. The Morgan fingerprint density at radius 2 is 1.95 bits per heavy atom. The smallest absolute Gasteiger partial charge is 0.314 e. The van der Waals surface area contributed by atoms with Gasteiger partial charge in [0.25, 0.3) is 0 Å². The third-order valence-corrected chi connectivity index (χ3v) is 3.98. The molecule has 22 heavy (non-hydrogen) atoms.